The molecule has 6 nitrogen and oxygen atoms in total. The maximum atomic E-state index is 5.98. The third-order valence-electron chi connectivity index (χ3n) is 4.37. The first kappa shape index (κ1) is 21.8. The molecule has 0 spiro atoms. The van der Waals surface area contributed by atoms with Crippen LogP contribution in [0.1, 0.15) is 26.2 Å². The summed E-state index contributed by atoms with van der Waals surface area (Å²) in [7, 11) is 1.76. The van der Waals surface area contributed by atoms with Gasteiger partial charge in [-0.2, -0.15) is 0 Å². The van der Waals surface area contributed by atoms with Gasteiger partial charge in [0.05, 0.1) is 6.54 Å². The van der Waals surface area contributed by atoms with E-state index in [2.05, 4.69) is 15.6 Å². The Morgan fingerprint density at radius 1 is 1.33 bits per heavy atom. The van der Waals surface area contributed by atoms with Crippen molar-refractivity contribution >= 4 is 17.6 Å². The number of hydrogen-bond acceptors (Lipinski definition) is 4. The molecule has 0 aliphatic carbocycles. The largest absolute Gasteiger partial charge is 0.489 e. The lowest BCUT2D eigenvalue weighted by Gasteiger charge is -2.21. The van der Waals surface area contributed by atoms with Crippen molar-refractivity contribution in [2.75, 3.05) is 46.6 Å². The number of hydrogen-bond donors (Lipinski definition) is 2. The van der Waals surface area contributed by atoms with Gasteiger partial charge in [-0.3, -0.25) is 4.99 Å². The normalized spacial score (nSPS) is 16.8. The lowest BCUT2D eigenvalue weighted by atomic mass is 10.0. The minimum Gasteiger partial charge on any atom is -0.489 e. The summed E-state index contributed by atoms with van der Waals surface area (Å²) in [6, 6.07) is 7.42. The molecule has 0 radical (unpaired) electrons. The number of aliphatic imine (C=N–C) groups is 1. The summed E-state index contributed by atoms with van der Waals surface area (Å²) in [5.41, 5.74) is 0. The van der Waals surface area contributed by atoms with Gasteiger partial charge in [0.15, 0.2) is 5.96 Å². The number of ether oxygens (including phenoxy) is 3. The van der Waals surface area contributed by atoms with Gasteiger partial charge in [-0.15, -0.1) is 0 Å². The third-order valence-corrected chi connectivity index (χ3v) is 4.60. The number of nitrogens with zero attached hydrogens (tertiary/aromatic N) is 1. The molecule has 1 atom stereocenters. The molecule has 1 unspecified atom stereocenters. The van der Waals surface area contributed by atoms with E-state index in [1.165, 1.54) is 0 Å². The number of halogens is 1. The lowest BCUT2D eigenvalue weighted by Crippen LogP contribution is -2.42. The van der Waals surface area contributed by atoms with Gasteiger partial charge in [0.1, 0.15) is 11.9 Å². The van der Waals surface area contributed by atoms with Gasteiger partial charge in [0, 0.05) is 45.0 Å². The third kappa shape index (κ3) is 9.31. The number of nitrogens with one attached hydrogen (secondary N) is 2. The zero-order chi connectivity index (χ0) is 19.3. The molecule has 1 fully saturated rings. The van der Waals surface area contributed by atoms with Crippen LogP contribution < -0.4 is 15.4 Å². The molecule has 1 aromatic carbocycles. The van der Waals surface area contributed by atoms with Crippen LogP contribution in [0.15, 0.2) is 29.3 Å². The fraction of sp³-hybridized carbons (Fsp3) is 0.650. The zero-order valence-corrected chi connectivity index (χ0v) is 17.1. The molecule has 1 saturated heterocycles. The van der Waals surface area contributed by atoms with E-state index >= 15 is 0 Å². The summed E-state index contributed by atoms with van der Waals surface area (Å²) in [6.45, 7) is 6.81. The fourth-order valence-electron chi connectivity index (χ4n) is 2.82. The minimum atomic E-state index is -0.00942. The van der Waals surface area contributed by atoms with Crippen LogP contribution in [0.4, 0.5) is 0 Å². The van der Waals surface area contributed by atoms with Crippen LogP contribution >= 0.6 is 11.6 Å². The van der Waals surface area contributed by atoms with Crippen LogP contribution in [0.5, 0.6) is 5.75 Å². The molecule has 27 heavy (non-hydrogen) atoms. The van der Waals surface area contributed by atoms with Crippen LogP contribution in [0.2, 0.25) is 5.02 Å². The fourth-order valence-corrected chi connectivity index (χ4v) is 3.00. The summed E-state index contributed by atoms with van der Waals surface area (Å²) in [5.74, 6) is 2.18. The van der Waals surface area contributed by atoms with E-state index in [1.807, 2.05) is 31.2 Å². The maximum Gasteiger partial charge on any atom is 0.191 e. The van der Waals surface area contributed by atoms with Crippen molar-refractivity contribution in [3.05, 3.63) is 29.3 Å². The van der Waals surface area contributed by atoms with E-state index in [9.17, 15) is 0 Å². The van der Waals surface area contributed by atoms with Crippen molar-refractivity contribution in [1.29, 1.82) is 0 Å². The highest BCUT2D eigenvalue weighted by Gasteiger charge is 2.13. The van der Waals surface area contributed by atoms with Crippen LogP contribution in [0, 0.1) is 5.92 Å². The first-order chi connectivity index (χ1) is 13.2. The molecular formula is C20H32ClN3O3. The van der Waals surface area contributed by atoms with Crippen molar-refractivity contribution in [2.45, 2.75) is 32.3 Å². The smallest absolute Gasteiger partial charge is 0.191 e. The van der Waals surface area contributed by atoms with Crippen molar-refractivity contribution in [3.63, 3.8) is 0 Å². The topological polar surface area (TPSA) is 64.1 Å². The van der Waals surface area contributed by atoms with E-state index < -0.39 is 0 Å². The van der Waals surface area contributed by atoms with Gasteiger partial charge in [0.25, 0.3) is 0 Å². The minimum absolute atomic E-state index is 0.00942. The van der Waals surface area contributed by atoms with Crippen molar-refractivity contribution < 1.29 is 14.2 Å². The van der Waals surface area contributed by atoms with Crippen LogP contribution in [-0.2, 0) is 9.47 Å². The SMILES string of the molecule is CN=C(NCCCOCC1CCOCC1)NCC(C)Oc1cccc(Cl)c1. The second kappa shape index (κ2) is 12.8. The Morgan fingerprint density at radius 3 is 2.89 bits per heavy atom. The van der Waals surface area contributed by atoms with Gasteiger partial charge < -0.3 is 24.8 Å². The summed E-state index contributed by atoms with van der Waals surface area (Å²) in [4.78, 5) is 4.24. The summed E-state index contributed by atoms with van der Waals surface area (Å²) < 4.78 is 17.0. The molecule has 0 saturated carbocycles. The molecule has 0 aromatic heterocycles. The van der Waals surface area contributed by atoms with E-state index in [0.717, 1.165) is 63.9 Å². The molecule has 1 aliphatic heterocycles. The molecule has 0 amide bonds. The Bertz CT molecular complexity index is 565. The molecule has 2 rings (SSSR count). The first-order valence-electron chi connectivity index (χ1n) is 9.69. The molecule has 0 bridgehead atoms. The average molecular weight is 398 g/mol. The molecule has 7 heteroatoms. The Morgan fingerprint density at radius 2 is 2.15 bits per heavy atom. The van der Waals surface area contributed by atoms with Gasteiger partial charge in [-0.1, -0.05) is 17.7 Å². The molecule has 1 aromatic rings. The molecule has 1 heterocycles. The highest BCUT2D eigenvalue weighted by molar-refractivity contribution is 6.30. The first-order valence-corrected chi connectivity index (χ1v) is 10.1. The molecule has 152 valence electrons. The highest BCUT2D eigenvalue weighted by atomic mass is 35.5. The highest BCUT2D eigenvalue weighted by Crippen LogP contribution is 2.18. The lowest BCUT2D eigenvalue weighted by molar-refractivity contribution is 0.0203. The van der Waals surface area contributed by atoms with Gasteiger partial charge >= 0.3 is 0 Å². The van der Waals surface area contributed by atoms with Crippen LogP contribution in [0.25, 0.3) is 0 Å². The summed E-state index contributed by atoms with van der Waals surface area (Å²) in [6.07, 6.45) is 3.16. The maximum absolute atomic E-state index is 5.98. The summed E-state index contributed by atoms with van der Waals surface area (Å²) >= 11 is 5.98. The molecule has 1 aliphatic rings. The Kier molecular flexibility index (Phi) is 10.3. The van der Waals surface area contributed by atoms with Crippen LogP contribution in [0.3, 0.4) is 0 Å². The predicted molar refractivity (Wildman–Crippen MR) is 110 cm³/mol. The molecular weight excluding hydrogens is 366 g/mol. The quantitative estimate of drug-likeness (QED) is 0.361. The Labute approximate surface area is 167 Å². The Hall–Kier alpha value is -1.50. The van der Waals surface area contributed by atoms with Crippen molar-refractivity contribution in [3.8, 4) is 5.75 Å². The zero-order valence-electron chi connectivity index (χ0n) is 16.4. The average Bonchev–Trinajstić information content (AvgIpc) is 2.67. The molecule has 2 N–H and O–H groups in total. The van der Waals surface area contributed by atoms with E-state index in [1.54, 1.807) is 7.05 Å². The number of benzene rings is 1. The number of rotatable bonds is 10. The van der Waals surface area contributed by atoms with Gasteiger partial charge in [0.2, 0.25) is 0 Å². The monoisotopic (exact) mass is 397 g/mol. The van der Waals surface area contributed by atoms with Crippen molar-refractivity contribution in [1.82, 2.24) is 10.6 Å². The van der Waals surface area contributed by atoms with Crippen LogP contribution in [-0.4, -0.2) is 58.6 Å². The predicted octanol–water partition coefficient (Wildman–Crippen LogP) is 3.11. The number of guanidine groups is 1. The summed E-state index contributed by atoms with van der Waals surface area (Å²) in [5, 5.41) is 7.24. The van der Waals surface area contributed by atoms with E-state index in [0.29, 0.717) is 17.5 Å². The van der Waals surface area contributed by atoms with E-state index in [-0.39, 0.29) is 6.10 Å². The Balaban J connectivity index is 1.53. The second-order valence-corrected chi connectivity index (χ2v) is 7.19. The second-order valence-electron chi connectivity index (χ2n) is 6.75. The van der Waals surface area contributed by atoms with Gasteiger partial charge in [-0.05, 0) is 50.3 Å². The van der Waals surface area contributed by atoms with Crippen molar-refractivity contribution in [2.24, 2.45) is 10.9 Å². The van der Waals surface area contributed by atoms with Gasteiger partial charge in [-0.25, -0.2) is 0 Å². The van der Waals surface area contributed by atoms with E-state index in [4.69, 9.17) is 25.8 Å². The standard InChI is InChI=1S/C20H32ClN3O3/c1-16(27-19-6-3-5-18(21)13-19)14-24-20(22-2)23-9-4-10-26-15-17-7-11-25-12-8-17/h3,5-6,13,16-17H,4,7-12,14-15H2,1-2H3,(H2,22,23,24).